The number of aromatic nitrogens is 2. The molecule has 0 atom stereocenters. The molecule has 2 rings (SSSR count). The highest BCUT2D eigenvalue weighted by Gasteiger charge is 2.13. The third-order valence-electron chi connectivity index (χ3n) is 3.40. The van der Waals surface area contributed by atoms with Crippen LogP contribution in [0, 0.1) is 0 Å². The van der Waals surface area contributed by atoms with E-state index in [1.165, 1.54) is 12.4 Å². The topological polar surface area (TPSA) is 102 Å². The quantitative estimate of drug-likeness (QED) is 0.523. The molecule has 26 heavy (non-hydrogen) atoms. The number of rotatable bonds is 9. The van der Waals surface area contributed by atoms with Crippen molar-refractivity contribution in [3.05, 3.63) is 47.9 Å². The van der Waals surface area contributed by atoms with E-state index in [0.29, 0.717) is 36.6 Å². The number of methoxy groups -OCH3 is 1. The van der Waals surface area contributed by atoms with E-state index in [9.17, 15) is 9.59 Å². The van der Waals surface area contributed by atoms with E-state index >= 15 is 0 Å². The van der Waals surface area contributed by atoms with Gasteiger partial charge in [-0.25, -0.2) is 14.8 Å². The van der Waals surface area contributed by atoms with Crippen LogP contribution in [0.1, 0.15) is 34.2 Å². The fraction of sp³-hybridized carbons (Fsp3) is 0.333. The molecule has 0 bridgehead atoms. The fourth-order valence-corrected chi connectivity index (χ4v) is 2.18. The lowest BCUT2D eigenvalue weighted by Gasteiger charge is -2.11. The van der Waals surface area contributed by atoms with Gasteiger partial charge in [0.25, 0.3) is 5.91 Å². The van der Waals surface area contributed by atoms with Gasteiger partial charge in [0.1, 0.15) is 17.8 Å². The van der Waals surface area contributed by atoms with E-state index < -0.39 is 5.97 Å². The van der Waals surface area contributed by atoms with Crippen LogP contribution in [-0.2, 0) is 9.47 Å². The second kappa shape index (κ2) is 10.1. The van der Waals surface area contributed by atoms with E-state index in [4.69, 9.17) is 9.47 Å². The van der Waals surface area contributed by atoms with Gasteiger partial charge < -0.3 is 20.1 Å². The number of hydrogen-bond acceptors (Lipinski definition) is 7. The number of benzene rings is 1. The van der Waals surface area contributed by atoms with Crippen LogP contribution in [0.15, 0.2) is 36.7 Å². The van der Waals surface area contributed by atoms with E-state index in [2.05, 4.69) is 20.6 Å². The molecule has 138 valence electrons. The first-order chi connectivity index (χ1) is 12.7. The van der Waals surface area contributed by atoms with Gasteiger partial charge in [0, 0.05) is 26.3 Å². The van der Waals surface area contributed by atoms with Crippen molar-refractivity contribution in [3.8, 4) is 0 Å². The molecule has 0 saturated heterocycles. The maximum Gasteiger partial charge on any atom is 0.340 e. The summed E-state index contributed by atoms with van der Waals surface area (Å²) < 4.78 is 9.98. The van der Waals surface area contributed by atoms with Crippen LogP contribution < -0.4 is 10.6 Å². The molecule has 0 radical (unpaired) electrons. The van der Waals surface area contributed by atoms with Crippen molar-refractivity contribution in [1.29, 1.82) is 0 Å². The smallest absolute Gasteiger partial charge is 0.340 e. The Labute approximate surface area is 151 Å². The lowest BCUT2D eigenvalue weighted by Crippen LogP contribution is -2.26. The van der Waals surface area contributed by atoms with Crippen LogP contribution >= 0.6 is 0 Å². The molecule has 0 aliphatic heterocycles. The van der Waals surface area contributed by atoms with Gasteiger partial charge in [-0.15, -0.1) is 0 Å². The van der Waals surface area contributed by atoms with Crippen molar-refractivity contribution in [2.45, 2.75) is 13.3 Å². The predicted octanol–water partition coefficient (Wildman–Crippen LogP) is 2.16. The third kappa shape index (κ3) is 5.52. The largest absolute Gasteiger partial charge is 0.462 e. The van der Waals surface area contributed by atoms with Gasteiger partial charge in [0.2, 0.25) is 0 Å². The maximum atomic E-state index is 12.1. The average molecular weight is 358 g/mol. The van der Waals surface area contributed by atoms with E-state index in [-0.39, 0.29) is 18.2 Å². The average Bonchev–Trinajstić information content (AvgIpc) is 2.66. The summed E-state index contributed by atoms with van der Waals surface area (Å²) >= 11 is 0. The minimum absolute atomic E-state index is 0.230. The molecule has 2 aromatic rings. The summed E-state index contributed by atoms with van der Waals surface area (Å²) in [7, 11) is 1.61. The number of carbonyl (C=O) groups is 2. The zero-order valence-corrected chi connectivity index (χ0v) is 14.8. The molecule has 1 heterocycles. The van der Waals surface area contributed by atoms with Gasteiger partial charge in [-0.3, -0.25) is 4.79 Å². The SMILES string of the molecule is CCOC(=O)c1ccccc1Nc1cc(C(=O)NCCCOC)ncn1. The Kier molecular flexibility index (Phi) is 7.50. The Bertz CT molecular complexity index is 751. The molecule has 0 spiro atoms. The highest BCUT2D eigenvalue weighted by molar-refractivity contribution is 5.97. The number of nitrogens with one attached hydrogen (secondary N) is 2. The molecule has 1 amide bonds. The van der Waals surface area contributed by atoms with Crippen molar-refractivity contribution in [2.75, 3.05) is 32.2 Å². The summed E-state index contributed by atoms with van der Waals surface area (Å²) in [6, 6.07) is 8.45. The van der Waals surface area contributed by atoms with Crippen LogP contribution in [-0.4, -0.2) is 48.7 Å². The Hall–Kier alpha value is -3.00. The molecular formula is C18H22N4O4. The first kappa shape index (κ1) is 19.3. The van der Waals surface area contributed by atoms with Crippen LogP contribution in [0.5, 0.6) is 0 Å². The zero-order chi connectivity index (χ0) is 18.8. The summed E-state index contributed by atoms with van der Waals surface area (Å²) in [6.07, 6.45) is 2.00. The number of hydrogen-bond donors (Lipinski definition) is 2. The van der Waals surface area contributed by atoms with Crippen molar-refractivity contribution >= 4 is 23.4 Å². The maximum absolute atomic E-state index is 12.1. The van der Waals surface area contributed by atoms with E-state index in [1.807, 2.05) is 0 Å². The number of anilines is 2. The first-order valence-corrected chi connectivity index (χ1v) is 8.28. The first-order valence-electron chi connectivity index (χ1n) is 8.28. The second-order valence-corrected chi connectivity index (χ2v) is 5.28. The number of ether oxygens (including phenoxy) is 2. The summed E-state index contributed by atoms with van der Waals surface area (Å²) in [5.74, 6) is -0.329. The third-order valence-corrected chi connectivity index (χ3v) is 3.40. The Morgan fingerprint density at radius 1 is 1.19 bits per heavy atom. The zero-order valence-electron chi connectivity index (χ0n) is 14.8. The highest BCUT2D eigenvalue weighted by Crippen LogP contribution is 2.20. The van der Waals surface area contributed by atoms with E-state index in [1.54, 1.807) is 38.3 Å². The molecule has 0 aliphatic carbocycles. The number of carbonyl (C=O) groups excluding carboxylic acids is 2. The monoisotopic (exact) mass is 358 g/mol. The van der Waals surface area contributed by atoms with Crippen LogP contribution in [0.4, 0.5) is 11.5 Å². The highest BCUT2D eigenvalue weighted by atomic mass is 16.5. The Morgan fingerprint density at radius 2 is 2.00 bits per heavy atom. The van der Waals surface area contributed by atoms with Crippen molar-refractivity contribution in [1.82, 2.24) is 15.3 Å². The van der Waals surface area contributed by atoms with E-state index in [0.717, 1.165) is 0 Å². The molecule has 2 N–H and O–H groups in total. The minimum atomic E-state index is -0.430. The second-order valence-electron chi connectivity index (χ2n) is 5.28. The number of esters is 1. The van der Waals surface area contributed by atoms with Crippen molar-refractivity contribution in [3.63, 3.8) is 0 Å². The van der Waals surface area contributed by atoms with Crippen LogP contribution in [0.25, 0.3) is 0 Å². The molecule has 8 nitrogen and oxygen atoms in total. The Balaban J connectivity index is 2.09. The number of nitrogens with zero attached hydrogens (tertiary/aromatic N) is 2. The van der Waals surface area contributed by atoms with Gasteiger partial charge in [-0.2, -0.15) is 0 Å². The van der Waals surface area contributed by atoms with Gasteiger partial charge >= 0.3 is 5.97 Å². The van der Waals surface area contributed by atoms with Crippen LogP contribution in [0.3, 0.4) is 0 Å². The normalized spacial score (nSPS) is 10.2. The summed E-state index contributed by atoms with van der Waals surface area (Å²) in [6.45, 7) is 3.09. The number of para-hydroxylation sites is 1. The lowest BCUT2D eigenvalue weighted by molar-refractivity contribution is 0.0527. The summed E-state index contributed by atoms with van der Waals surface area (Å²) in [5.41, 5.74) is 1.16. The standard InChI is InChI=1S/C18H22N4O4/c1-3-26-18(24)13-7-4-5-8-14(13)22-16-11-15(20-12-21-16)17(23)19-9-6-10-25-2/h4-5,7-8,11-12H,3,6,9-10H2,1-2H3,(H,19,23)(H,20,21,22). The van der Waals surface area contributed by atoms with Gasteiger partial charge in [-0.05, 0) is 25.5 Å². The van der Waals surface area contributed by atoms with Gasteiger partial charge in [-0.1, -0.05) is 12.1 Å². The fourth-order valence-electron chi connectivity index (χ4n) is 2.18. The van der Waals surface area contributed by atoms with Gasteiger partial charge in [0.15, 0.2) is 0 Å². The summed E-state index contributed by atoms with van der Waals surface area (Å²) in [4.78, 5) is 32.2. The number of amides is 1. The minimum Gasteiger partial charge on any atom is -0.462 e. The Morgan fingerprint density at radius 3 is 2.77 bits per heavy atom. The lowest BCUT2D eigenvalue weighted by atomic mass is 10.2. The molecule has 0 saturated carbocycles. The van der Waals surface area contributed by atoms with Crippen LogP contribution in [0.2, 0.25) is 0 Å². The molecule has 0 aliphatic rings. The van der Waals surface area contributed by atoms with Crippen molar-refractivity contribution in [2.24, 2.45) is 0 Å². The molecule has 1 aromatic heterocycles. The molecule has 0 unspecified atom stereocenters. The molecular weight excluding hydrogens is 336 g/mol. The van der Waals surface area contributed by atoms with Crippen molar-refractivity contribution < 1.29 is 19.1 Å². The predicted molar refractivity (Wildman–Crippen MR) is 96.5 cm³/mol. The molecule has 8 heteroatoms. The molecule has 0 fully saturated rings. The van der Waals surface area contributed by atoms with Gasteiger partial charge in [0.05, 0.1) is 17.9 Å². The summed E-state index contributed by atoms with van der Waals surface area (Å²) in [5, 5.41) is 5.79. The molecule has 1 aromatic carbocycles.